The minimum atomic E-state index is -0.644. The van der Waals surface area contributed by atoms with E-state index in [9.17, 15) is 15.2 Å². The van der Waals surface area contributed by atoms with E-state index < -0.39 is 11.0 Å². The van der Waals surface area contributed by atoms with Crippen molar-refractivity contribution in [1.29, 1.82) is 0 Å². The third-order valence-corrected chi connectivity index (χ3v) is 4.15. The first-order valence-electron chi connectivity index (χ1n) is 7.96. The van der Waals surface area contributed by atoms with Crippen molar-refractivity contribution in [1.82, 2.24) is 4.90 Å². The smallest absolute Gasteiger partial charge is 0.273 e. The molecule has 1 heterocycles. The van der Waals surface area contributed by atoms with Gasteiger partial charge in [0, 0.05) is 25.7 Å². The van der Waals surface area contributed by atoms with Gasteiger partial charge in [0.05, 0.1) is 11.0 Å². The van der Waals surface area contributed by atoms with Crippen LogP contribution in [0.25, 0.3) is 0 Å². The largest absolute Gasteiger partial charge is 0.491 e. The summed E-state index contributed by atoms with van der Waals surface area (Å²) in [5.41, 5.74) is 2.65. The lowest BCUT2D eigenvalue weighted by Crippen LogP contribution is -2.38. The Morgan fingerprint density at radius 2 is 2.00 bits per heavy atom. The summed E-state index contributed by atoms with van der Waals surface area (Å²) < 4.78 is 5.49. The molecule has 24 heavy (non-hydrogen) atoms. The van der Waals surface area contributed by atoms with Crippen molar-refractivity contribution in [2.75, 3.05) is 19.7 Å². The van der Waals surface area contributed by atoms with Gasteiger partial charge in [-0.15, -0.1) is 0 Å². The molecule has 1 aliphatic heterocycles. The maximum Gasteiger partial charge on any atom is 0.273 e. The number of β-amino-alcohol motifs (C(OH)–C–C–N with tert-alkyl or cyclic N) is 1. The molecule has 0 saturated carbocycles. The number of nitro benzene ring substituents is 1. The van der Waals surface area contributed by atoms with Crippen molar-refractivity contribution in [2.24, 2.45) is 0 Å². The van der Waals surface area contributed by atoms with Crippen LogP contribution in [0.4, 0.5) is 5.69 Å². The SMILES string of the molecule is O=[N+]([O-])c1cccc(OCC(O)CN2CCc3ccccc3C2)c1. The molecule has 0 aromatic heterocycles. The Balaban J connectivity index is 1.51. The highest BCUT2D eigenvalue weighted by Gasteiger charge is 2.18. The van der Waals surface area contributed by atoms with Crippen LogP contribution in [0.3, 0.4) is 0 Å². The van der Waals surface area contributed by atoms with Gasteiger partial charge in [-0.05, 0) is 23.6 Å². The van der Waals surface area contributed by atoms with E-state index in [-0.39, 0.29) is 12.3 Å². The van der Waals surface area contributed by atoms with Crippen molar-refractivity contribution < 1.29 is 14.8 Å². The number of benzene rings is 2. The molecule has 2 aromatic carbocycles. The number of aliphatic hydroxyl groups excluding tert-OH is 1. The van der Waals surface area contributed by atoms with Gasteiger partial charge in [-0.1, -0.05) is 30.3 Å². The molecule has 0 radical (unpaired) electrons. The lowest BCUT2D eigenvalue weighted by molar-refractivity contribution is -0.384. The van der Waals surface area contributed by atoms with Crippen molar-refractivity contribution >= 4 is 5.69 Å². The molecule has 1 N–H and O–H groups in total. The van der Waals surface area contributed by atoms with Crippen molar-refractivity contribution in [2.45, 2.75) is 19.1 Å². The molecule has 1 aliphatic rings. The molecule has 0 amide bonds. The van der Waals surface area contributed by atoms with Crippen molar-refractivity contribution in [3.05, 3.63) is 69.8 Å². The predicted molar refractivity (Wildman–Crippen MR) is 90.0 cm³/mol. The van der Waals surface area contributed by atoms with Crippen molar-refractivity contribution in [3.8, 4) is 5.75 Å². The highest BCUT2D eigenvalue weighted by Crippen LogP contribution is 2.20. The van der Waals surface area contributed by atoms with Crippen LogP contribution in [0, 0.1) is 10.1 Å². The van der Waals surface area contributed by atoms with Gasteiger partial charge >= 0.3 is 0 Å². The summed E-state index contributed by atoms with van der Waals surface area (Å²) in [7, 11) is 0. The van der Waals surface area contributed by atoms with E-state index in [2.05, 4.69) is 23.1 Å². The molecule has 0 aliphatic carbocycles. The van der Waals surface area contributed by atoms with E-state index in [1.807, 2.05) is 6.07 Å². The predicted octanol–water partition coefficient (Wildman–Crippen LogP) is 2.39. The Morgan fingerprint density at radius 3 is 2.79 bits per heavy atom. The fraction of sp³-hybridized carbons (Fsp3) is 0.333. The molecule has 6 heteroatoms. The summed E-state index contributed by atoms with van der Waals surface area (Å²) in [6, 6.07) is 14.3. The maximum atomic E-state index is 10.7. The van der Waals surface area contributed by atoms with Gasteiger partial charge < -0.3 is 9.84 Å². The summed E-state index contributed by atoms with van der Waals surface area (Å²) >= 11 is 0. The quantitative estimate of drug-likeness (QED) is 0.651. The molecule has 0 bridgehead atoms. The third-order valence-electron chi connectivity index (χ3n) is 4.15. The fourth-order valence-electron chi connectivity index (χ4n) is 2.94. The second kappa shape index (κ2) is 7.42. The van der Waals surface area contributed by atoms with Crippen LogP contribution in [-0.2, 0) is 13.0 Å². The zero-order valence-corrected chi connectivity index (χ0v) is 13.3. The summed E-state index contributed by atoms with van der Waals surface area (Å²) in [6.07, 6.45) is 0.337. The first-order chi connectivity index (χ1) is 11.6. The Bertz CT molecular complexity index is 720. The zero-order chi connectivity index (χ0) is 16.9. The fourth-order valence-corrected chi connectivity index (χ4v) is 2.94. The lowest BCUT2D eigenvalue weighted by Gasteiger charge is -2.30. The van der Waals surface area contributed by atoms with Crippen LogP contribution in [-0.4, -0.2) is 40.7 Å². The van der Waals surface area contributed by atoms with Crippen LogP contribution >= 0.6 is 0 Å². The van der Waals surface area contributed by atoms with Gasteiger partial charge in [0.2, 0.25) is 0 Å². The standard InChI is InChI=1S/C18H20N2O4/c21-17(13-24-18-7-3-6-16(10-18)20(22)23)12-19-9-8-14-4-1-2-5-15(14)11-19/h1-7,10,17,21H,8-9,11-13H2. The molecular weight excluding hydrogens is 308 g/mol. The van der Waals surface area contributed by atoms with E-state index >= 15 is 0 Å². The molecule has 1 atom stereocenters. The van der Waals surface area contributed by atoms with Crippen LogP contribution in [0.2, 0.25) is 0 Å². The number of ether oxygens (including phenoxy) is 1. The van der Waals surface area contributed by atoms with Gasteiger partial charge in [0.25, 0.3) is 5.69 Å². The third kappa shape index (κ3) is 4.10. The summed E-state index contributed by atoms with van der Waals surface area (Å²) in [5, 5.41) is 20.9. The minimum Gasteiger partial charge on any atom is -0.491 e. The molecule has 6 nitrogen and oxygen atoms in total. The normalized spacial score (nSPS) is 15.5. The Kier molecular flexibility index (Phi) is 5.08. The monoisotopic (exact) mass is 328 g/mol. The number of aliphatic hydroxyl groups is 1. The maximum absolute atomic E-state index is 10.7. The highest BCUT2D eigenvalue weighted by atomic mass is 16.6. The Labute approximate surface area is 140 Å². The Hall–Kier alpha value is -2.44. The summed E-state index contributed by atoms with van der Waals surface area (Å²) in [4.78, 5) is 12.5. The van der Waals surface area contributed by atoms with Gasteiger partial charge in [-0.3, -0.25) is 15.0 Å². The van der Waals surface area contributed by atoms with Crippen LogP contribution < -0.4 is 4.74 Å². The van der Waals surface area contributed by atoms with E-state index in [4.69, 9.17) is 4.74 Å². The zero-order valence-electron chi connectivity index (χ0n) is 13.3. The number of hydrogen-bond donors (Lipinski definition) is 1. The first kappa shape index (κ1) is 16.4. The van der Waals surface area contributed by atoms with Crippen molar-refractivity contribution in [3.63, 3.8) is 0 Å². The van der Waals surface area contributed by atoms with Gasteiger partial charge in [0.1, 0.15) is 18.5 Å². The van der Waals surface area contributed by atoms with Gasteiger partial charge in [0.15, 0.2) is 0 Å². The lowest BCUT2D eigenvalue weighted by atomic mass is 10.00. The topological polar surface area (TPSA) is 75.8 Å². The van der Waals surface area contributed by atoms with E-state index in [1.165, 1.54) is 23.3 Å². The molecule has 0 saturated heterocycles. The molecule has 0 spiro atoms. The number of rotatable bonds is 6. The number of fused-ring (bicyclic) bond motifs is 1. The Morgan fingerprint density at radius 1 is 1.21 bits per heavy atom. The molecule has 1 unspecified atom stereocenters. The molecule has 126 valence electrons. The summed E-state index contributed by atoms with van der Waals surface area (Å²) in [5.74, 6) is 0.396. The molecule has 2 aromatic rings. The number of nitrogens with zero attached hydrogens (tertiary/aromatic N) is 2. The van der Waals surface area contributed by atoms with E-state index in [1.54, 1.807) is 12.1 Å². The minimum absolute atomic E-state index is 0.0189. The highest BCUT2D eigenvalue weighted by molar-refractivity contribution is 5.38. The average Bonchev–Trinajstić information content (AvgIpc) is 2.60. The number of hydrogen-bond acceptors (Lipinski definition) is 5. The van der Waals surface area contributed by atoms with Crippen LogP contribution in [0.1, 0.15) is 11.1 Å². The molecule has 0 fully saturated rings. The average molecular weight is 328 g/mol. The van der Waals surface area contributed by atoms with Gasteiger partial charge in [-0.2, -0.15) is 0 Å². The van der Waals surface area contributed by atoms with E-state index in [0.717, 1.165) is 19.5 Å². The molecule has 3 rings (SSSR count). The number of nitro groups is 1. The number of non-ortho nitro benzene ring substituents is 1. The van der Waals surface area contributed by atoms with Crippen LogP contribution in [0.5, 0.6) is 5.75 Å². The van der Waals surface area contributed by atoms with Crippen LogP contribution in [0.15, 0.2) is 48.5 Å². The first-order valence-corrected chi connectivity index (χ1v) is 7.96. The second-order valence-corrected chi connectivity index (χ2v) is 5.97. The summed E-state index contributed by atoms with van der Waals surface area (Å²) in [6.45, 7) is 2.36. The second-order valence-electron chi connectivity index (χ2n) is 5.97. The van der Waals surface area contributed by atoms with Gasteiger partial charge in [-0.25, -0.2) is 0 Å². The van der Waals surface area contributed by atoms with E-state index in [0.29, 0.717) is 12.3 Å². The molecular formula is C18H20N2O4.